The number of halogens is 2. The second kappa shape index (κ2) is 4.29. The maximum atomic E-state index is 11.5. The Bertz CT molecular complexity index is 563. The molecule has 0 fully saturated rings. The van der Waals surface area contributed by atoms with Crippen LogP contribution >= 0.6 is 22.3 Å². The quantitative estimate of drug-likeness (QED) is 0.784. The van der Waals surface area contributed by atoms with Crippen LogP contribution in [0.5, 0.6) is 0 Å². The number of hydrogen-bond acceptors (Lipinski definition) is 3. The second-order valence-electron chi connectivity index (χ2n) is 2.71. The molecule has 0 aromatic heterocycles. The Hall–Kier alpha value is -0.300. The Morgan fingerprint density at radius 1 is 1.13 bits per heavy atom. The molecule has 0 aliphatic rings. The van der Waals surface area contributed by atoms with E-state index in [0.29, 0.717) is 5.02 Å². The van der Waals surface area contributed by atoms with Gasteiger partial charge in [-0.1, -0.05) is 15.4 Å². The van der Waals surface area contributed by atoms with Crippen molar-refractivity contribution in [3.8, 4) is 0 Å². The van der Waals surface area contributed by atoms with E-state index < -0.39 is 19.0 Å². The van der Waals surface area contributed by atoms with Crippen molar-refractivity contribution in [2.75, 3.05) is 6.26 Å². The molecule has 0 saturated heterocycles. The van der Waals surface area contributed by atoms with Crippen LogP contribution in [-0.4, -0.2) is 18.9 Å². The van der Waals surface area contributed by atoms with Gasteiger partial charge in [-0.15, -0.1) is 0 Å². The van der Waals surface area contributed by atoms with Crippen molar-refractivity contribution in [3.63, 3.8) is 0 Å². The van der Waals surface area contributed by atoms with Gasteiger partial charge in [-0.25, -0.2) is 4.21 Å². The summed E-state index contributed by atoms with van der Waals surface area (Å²) in [5, 5.41) is 0.400. The van der Waals surface area contributed by atoms with Crippen molar-refractivity contribution in [1.29, 1.82) is 0 Å². The lowest BCUT2D eigenvalue weighted by atomic mass is 10.4. The van der Waals surface area contributed by atoms with Gasteiger partial charge in [0.15, 0.2) is 0 Å². The molecule has 0 N–H and O–H groups in total. The van der Waals surface area contributed by atoms with Crippen molar-refractivity contribution in [3.05, 3.63) is 29.3 Å². The van der Waals surface area contributed by atoms with Crippen LogP contribution in [0, 0.1) is 0 Å². The number of hydrogen-bond donors (Lipinski definition) is 0. The van der Waals surface area contributed by atoms with Gasteiger partial charge in [-0.05, 0) is 34.9 Å². The molecule has 4 nitrogen and oxygen atoms in total. The minimum atomic E-state index is -3.98. The topological polar surface area (TPSA) is 63.6 Å². The molecular formula is C7H7Cl2NO3S2. The zero-order chi connectivity index (χ0) is 11.7. The summed E-state index contributed by atoms with van der Waals surface area (Å²) < 4.78 is 37.1. The van der Waals surface area contributed by atoms with Crippen molar-refractivity contribution < 1.29 is 12.6 Å². The van der Waals surface area contributed by atoms with Gasteiger partial charge < -0.3 is 0 Å². The summed E-state index contributed by atoms with van der Waals surface area (Å²) in [5.41, 5.74) is 0. The Kier molecular flexibility index (Phi) is 3.65. The van der Waals surface area contributed by atoms with Crippen molar-refractivity contribution in [2.24, 2.45) is 3.77 Å². The first-order valence-electron chi connectivity index (χ1n) is 3.64. The first-order valence-corrected chi connectivity index (χ1v) is 8.21. The van der Waals surface area contributed by atoms with Crippen LogP contribution in [0.2, 0.25) is 5.02 Å². The number of nitrogens with zero attached hydrogens (tertiary/aromatic N) is 1. The largest absolute Gasteiger partial charge is 0.291 e. The third-order valence-corrected chi connectivity index (χ3v) is 4.82. The fraction of sp³-hybridized carbons (Fsp3) is 0.143. The first kappa shape index (κ1) is 12.8. The highest BCUT2D eigenvalue weighted by Gasteiger charge is 2.14. The molecule has 0 heterocycles. The van der Waals surface area contributed by atoms with Gasteiger partial charge in [0.1, 0.15) is 8.94 Å². The van der Waals surface area contributed by atoms with Gasteiger partial charge in [0.05, 0.1) is 4.90 Å². The molecule has 1 unspecified atom stereocenters. The van der Waals surface area contributed by atoms with E-state index >= 15 is 0 Å². The van der Waals surface area contributed by atoms with E-state index in [4.69, 9.17) is 22.3 Å². The standard InChI is InChI=1S/C7H7Cl2NO3S2/c1-14(9,11)10-15(12,13)7-4-2-6(8)3-5-7/h2-5H,1H3. The van der Waals surface area contributed by atoms with E-state index in [2.05, 4.69) is 3.77 Å². The minimum absolute atomic E-state index is 0.0953. The fourth-order valence-corrected chi connectivity index (χ4v) is 3.84. The Balaban J connectivity index is 3.31. The molecule has 0 spiro atoms. The van der Waals surface area contributed by atoms with Crippen LogP contribution in [-0.2, 0) is 19.0 Å². The lowest BCUT2D eigenvalue weighted by Crippen LogP contribution is -1.99. The van der Waals surface area contributed by atoms with Crippen LogP contribution in [0.4, 0.5) is 0 Å². The minimum Gasteiger partial charge on any atom is -0.233 e. The van der Waals surface area contributed by atoms with Gasteiger partial charge in [0.25, 0.3) is 10.0 Å². The summed E-state index contributed by atoms with van der Waals surface area (Å²) >= 11 is 5.59. The highest BCUT2D eigenvalue weighted by Crippen LogP contribution is 2.17. The fourth-order valence-electron chi connectivity index (χ4n) is 0.825. The highest BCUT2D eigenvalue weighted by atomic mass is 35.7. The molecule has 0 amide bonds. The summed E-state index contributed by atoms with van der Waals surface area (Å²) in [5.74, 6) is 0. The highest BCUT2D eigenvalue weighted by molar-refractivity contribution is 8.18. The molecule has 1 atom stereocenters. The predicted octanol–water partition coefficient (Wildman–Crippen LogP) is 2.28. The van der Waals surface area contributed by atoms with E-state index in [0.717, 1.165) is 6.26 Å². The van der Waals surface area contributed by atoms with E-state index in [1.54, 1.807) is 0 Å². The third-order valence-electron chi connectivity index (χ3n) is 1.34. The molecule has 0 saturated carbocycles. The summed E-state index contributed by atoms with van der Waals surface area (Å²) in [6.45, 7) is 0. The lowest BCUT2D eigenvalue weighted by molar-refractivity contribution is 0.598. The number of rotatable bonds is 2. The normalized spacial score (nSPS) is 15.7. The predicted molar refractivity (Wildman–Crippen MR) is 61.0 cm³/mol. The first-order chi connectivity index (χ1) is 6.71. The molecule has 0 aliphatic heterocycles. The van der Waals surface area contributed by atoms with Crippen LogP contribution in [0.25, 0.3) is 0 Å². The molecule has 15 heavy (non-hydrogen) atoms. The maximum absolute atomic E-state index is 11.5. The van der Waals surface area contributed by atoms with E-state index in [9.17, 15) is 12.6 Å². The SMILES string of the molecule is CS(=O)(Cl)=NS(=O)(=O)c1ccc(Cl)cc1. The van der Waals surface area contributed by atoms with E-state index in [-0.39, 0.29) is 4.90 Å². The monoisotopic (exact) mass is 287 g/mol. The van der Waals surface area contributed by atoms with Crippen molar-refractivity contribution in [2.45, 2.75) is 4.90 Å². The van der Waals surface area contributed by atoms with Crippen molar-refractivity contribution >= 4 is 41.2 Å². The maximum Gasteiger partial charge on any atom is 0.291 e. The van der Waals surface area contributed by atoms with Gasteiger partial charge >= 0.3 is 0 Å². The smallest absolute Gasteiger partial charge is 0.233 e. The molecule has 84 valence electrons. The van der Waals surface area contributed by atoms with Gasteiger partial charge in [-0.2, -0.15) is 8.42 Å². The zero-order valence-electron chi connectivity index (χ0n) is 7.55. The zero-order valence-corrected chi connectivity index (χ0v) is 10.7. The summed E-state index contributed by atoms with van der Waals surface area (Å²) in [4.78, 5) is -0.0953. The van der Waals surface area contributed by atoms with Crippen LogP contribution in [0.15, 0.2) is 32.9 Å². The van der Waals surface area contributed by atoms with Crippen molar-refractivity contribution in [1.82, 2.24) is 0 Å². The molecular weight excluding hydrogens is 281 g/mol. The molecule has 0 radical (unpaired) electrons. The van der Waals surface area contributed by atoms with Gasteiger partial charge in [0.2, 0.25) is 0 Å². The van der Waals surface area contributed by atoms with E-state index in [1.807, 2.05) is 0 Å². The summed E-state index contributed by atoms with van der Waals surface area (Å²) in [6.07, 6.45) is 1.03. The van der Waals surface area contributed by atoms with Gasteiger partial charge in [0, 0.05) is 11.3 Å². The molecule has 1 aromatic carbocycles. The lowest BCUT2D eigenvalue weighted by Gasteiger charge is -1.98. The Labute approximate surface area is 97.9 Å². The van der Waals surface area contributed by atoms with Crippen LogP contribution in [0.3, 0.4) is 0 Å². The van der Waals surface area contributed by atoms with Gasteiger partial charge in [-0.3, -0.25) is 0 Å². The summed E-state index contributed by atoms with van der Waals surface area (Å²) in [6, 6.07) is 5.33. The third kappa shape index (κ3) is 3.98. The molecule has 1 rings (SSSR count). The van der Waals surface area contributed by atoms with Crippen LogP contribution < -0.4 is 0 Å². The molecule has 0 bridgehead atoms. The van der Waals surface area contributed by atoms with E-state index in [1.165, 1.54) is 24.3 Å². The Morgan fingerprint density at radius 3 is 2.00 bits per heavy atom. The second-order valence-corrected chi connectivity index (χ2v) is 8.31. The Morgan fingerprint density at radius 2 is 1.60 bits per heavy atom. The molecule has 0 aliphatic carbocycles. The number of sulfonamides is 1. The average molecular weight is 288 g/mol. The molecule has 8 heteroatoms. The molecule has 1 aromatic rings. The number of benzene rings is 1. The summed E-state index contributed by atoms with van der Waals surface area (Å²) in [7, 11) is -1.93. The average Bonchev–Trinajstić information content (AvgIpc) is 2.00. The van der Waals surface area contributed by atoms with Crippen LogP contribution in [0.1, 0.15) is 0 Å².